The quantitative estimate of drug-likeness (QED) is 0.757. The molecule has 0 saturated heterocycles. The molecule has 1 atom stereocenters. The van der Waals surface area contributed by atoms with Gasteiger partial charge in [0.25, 0.3) is 5.91 Å². The molecule has 0 radical (unpaired) electrons. The number of nitrogens with zero attached hydrogens (tertiary/aromatic N) is 3. The van der Waals surface area contributed by atoms with Crippen molar-refractivity contribution in [2.75, 3.05) is 26.0 Å². The first-order valence-corrected chi connectivity index (χ1v) is 10.2. The molecule has 0 fully saturated rings. The molecule has 0 bridgehead atoms. The Balaban J connectivity index is 1.76. The van der Waals surface area contributed by atoms with Gasteiger partial charge in [0.1, 0.15) is 6.10 Å². The number of ether oxygens (including phenoxy) is 1. The number of anilines is 1. The van der Waals surface area contributed by atoms with Crippen LogP contribution in [-0.2, 0) is 16.8 Å². The summed E-state index contributed by atoms with van der Waals surface area (Å²) in [5.41, 5.74) is 1.52. The second-order valence-electron chi connectivity index (χ2n) is 8.82. The molecular weight excluding hydrogens is 382 g/mol. The molecule has 1 aromatic heterocycles. The molecule has 2 heterocycles. The number of H-pyrrole nitrogens is 1. The fourth-order valence-corrected chi connectivity index (χ4v) is 3.62. The summed E-state index contributed by atoms with van der Waals surface area (Å²) in [6, 6.07) is 8.96. The number of rotatable bonds is 6. The lowest BCUT2D eigenvalue weighted by Crippen LogP contribution is -2.44. The Morgan fingerprint density at radius 1 is 1.27 bits per heavy atom. The molecule has 162 valence electrons. The number of carbonyl (C=O) groups is 2. The summed E-state index contributed by atoms with van der Waals surface area (Å²) in [6.07, 6.45) is -0.580. The largest absolute Gasteiger partial charge is 0.444 e. The van der Waals surface area contributed by atoms with Crippen LogP contribution in [0.1, 0.15) is 49.3 Å². The molecule has 2 N–H and O–H groups in total. The Hall–Kier alpha value is -2.87. The van der Waals surface area contributed by atoms with E-state index in [0.29, 0.717) is 24.5 Å². The monoisotopic (exact) mass is 413 g/mol. The van der Waals surface area contributed by atoms with E-state index in [1.807, 2.05) is 64.9 Å². The maximum Gasteiger partial charge on any atom is 0.411 e. The average molecular weight is 414 g/mol. The van der Waals surface area contributed by atoms with E-state index in [1.165, 1.54) is 0 Å². The molecule has 3 rings (SSSR count). The minimum absolute atomic E-state index is 0.197. The van der Waals surface area contributed by atoms with E-state index >= 15 is 0 Å². The first-order chi connectivity index (χ1) is 14.1. The third kappa shape index (κ3) is 4.33. The normalized spacial score (nSPS) is 15.9. The molecule has 0 saturated carbocycles. The number of hydrogen-bond donors (Lipinski definition) is 2. The maximum absolute atomic E-state index is 13.0. The first-order valence-electron chi connectivity index (χ1n) is 10.2. The average Bonchev–Trinajstić information content (AvgIpc) is 3.20. The van der Waals surface area contributed by atoms with Crippen LogP contribution >= 0.6 is 0 Å². The van der Waals surface area contributed by atoms with Gasteiger partial charge in [0.05, 0.1) is 17.8 Å². The summed E-state index contributed by atoms with van der Waals surface area (Å²) in [5, 5.41) is 10.1. The molecular formula is C22H31N5O3. The van der Waals surface area contributed by atoms with Crippen LogP contribution in [0, 0.1) is 5.92 Å². The summed E-state index contributed by atoms with van der Waals surface area (Å²) < 4.78 is 5.86. The van der Waals surface area contributed by atoms with Gasteiger partial charge in [0, 0.05) is 17.7 Å². The second-order valence-corrected chi connectivity index (χ2v) is 8.82. The smallest absolute Gasteiger partial charge is 0.411 e. The highest BCUT2D eigenvalue weighted by molar-refractivity contribution is 6.04. The van der Waals surface area contributed by atoms with Gasteiger partial charge in [-0.3, -0.25) is 14.8 Å². The van der Waals surface area contributed by atoms with Gasteiger partial charge < -0.3 is 15.0 Å². The molecule has 1 aliphatic heterocycles. The summed E-state index contributed by atoms with van der Waals surface area (Å²) in [5.74, 6) is 0.396. The summed E-state index contributed by atoms with van der Waals surface area (Å²) >= 11 is 0. The molecule has 1 aromatic carbocycles. The molecule has 0 unspecified atom stereocenters. The Labute approximate surface area is 177 Å². The summed E-state index contributed by atoms with van der Waals surface area (Å²) in [4.78, 5) is 29.3. The number of aromatic amines is 1. The van der Waals surface area contributed by atoms with Gasteiger partial charge >= 0.3 is 6.09 Å². The number of amides is 2. The Morgan fingerprint density at radius 2 is 1.93 bits per heavy atom. The van der Waals surface area contributed by atoms with Crippen molar-refractivity contribution in [1.29, 1.82) is 0 Å². The standard InChI is InChI=1S/C22H31N5O3/c1-14(2)17(13-26(5)6)30-21(29)27-12-16-18(22(27,3)4)24-25-19(16)23-20(28)15-10-8-7-9-11-15/h7-11,14,17H,12-13H2,1-6H3,(H2,23,24,25,28)/t17-/m1/s1. The number of aromatic nitrogens is 2. The Morgan fingerprint density at radius 3 is 2.53 bits per heavy atom. The highest BCUT2D eigenvalue weighted by Gasteiger charge is 2.45. The van der Waals surface area contributed by atoms with E-state index in [0.717, 1.165) is 11.3 Å². The number of hydrogen-bond acceptors (Lipinski definition) is 5. The number of likely N-dealkylation sites (N-methyl/N-ethyl adjacent to an activating group) is 1. The van der Waals surface area contributed by atoms with Crippen LogP contribution in [0.25, 0.3) is 0 Å². The van der Waals surface area contributed by atoms with Gasteiger partial charge in [-0.2, -0.15) is 5.10 Å². The third-order valence-corrected chi connectivity index (χ3v) is 5.50. The van der Waals surface area contributed by atoms with Crippen LogP contribution in [0.5, 0.6) is 0 Å². The van der Waals surface area contributed by atoms with Crippen LogP contribution in [0.15, 0.2) is 30.3 Å². The Bertz CT molecular complexity index is 905. The third-order valence-electron chi connectivity index (χ3n) is 5.50. The maximum atomic E-state index is 13.0. The molecule has 2 aromatic rings. The van der Waals surface area contributed by atoms with Gasteiger partial charge in [-0.15, -0.1) is 0 Å². The van der Waals surface area contributed by atoms with Crippen LogP contribution < -0.4 is 5.32 Å². The highest BCUT2D eigenvalue weighted by Crippen LogP contribution is 2.41. The minimum Gasteiger partial charge on any atom is -0.444 e. The van der Waals surface area contributed by atoms with Crippen molar-refractivity contribution in [3.05, 3.63) is 47.2 Å². The highest BCUT2D eigenvalue weighted by atomic mass is 16.6. The van der Waals surface area contributed by atoms with Gasteiger partial charge in [-0.25, -0.2) is 4.79 Å². The number of benzene rings is 1. The van der Waals surface area contributed by atoms with Crippen molar-refractivity contribution in [3.63, 3.8) is 0 Å². The zero-order chi connectivity index (χ0) is 22.1. The van der Waals surface area contributed by atoms with Gasteiger partial charge in [0.2, 0.25) is 0 Å². The fraction of sp³-hybridized carbons (Fsp3) is 0.500. The van der Waals surface area contributed by atoms with Crippen LogP contribution in [0.3, 0.4) is 0 Å². The van der Waals surface area contributed by atoms with Crippen molar-refractivity contribution in [2.45, 2.75) is 45.9 Å². The summed E-state index contributed by atoms with van der Waals surface area (Å²) in [7, 11) is 3.92. The minimum atomic E-state index is -0.630. The number of carbonyl (C=O) groups excluding carboxylic acids is 2. The van der Waals surface area contributed by atoms with Crippen LogP contribution in [0.4, 0.5) is 10.6 Å². The lowest BCUT2D eigenvalue weighted by molar-refractivity contribution is 0.00973. The molecule has 0 spiro atoms. The molecule has 8 heteroatoms. The zero-order valence-corrected chi connectivity index (χ0v) is 18.5. The van der Waals surface area contributed by atoms with E-state index in [-0.39, 0.29) is 24.0 Å². The molecule has 2 amide bonds. The molecule has 8 nitrogen and oxygen atoms in total. The molecule has 1 aliphatic rings. The molecule has 0 aliphatic carbocycles. The second kappa shape index (κ2) is 8.47. The molecule has 30 heavy (non-hydrogen) atoms. The van der Waals surface area contributed by atoms with E-state index in [2.05, 4.69) is 15.5 Å². The van der Waals surface area contributed by atoms with Crippen molar-refractivity contribution < 1.29 is 14.3 Å². The van der Waals surface area contributed by atoms with Gasteiger partial charge in [-0.1, -0.05) is 32.0 Å². The number of nitrogens with one attached hydrogen (secondary N) is 2. The van der Waals surface area contributed by atoms with E-state index in [4.69, 9.17) is 4.74 Å². The fourth-order valence-electron chi connectivity index (χ4n) is 3.62. The van der Waals surface area contributed by atoms with E-state index in [9.17, 15) is 9.59 Å². The predicted molar refractivity (Wildman–Crippen MR) is 115 cm³/mol. The van der Waals surface area contributed by atoms with E-state index in [1.54, 1.807) is 17.0 Å². The number of fused-ring (bicyclic) bond motifs is 1. The topological polar surface area (TPSA) is 90.6 Å². The van der Waals surface area contributed by atoms with Crippen molar-refractivity contribution >= 4 is 17.8 Å². The van der Waals surface area contributed by atoms with Crippen molar-refractivity contribution in [2.24, 2.45) is 5.92 Å². The van der Waals surface area contributed by atoms with Crippen LogP contribution in [0.2, 0.25) is 0 Å². The lowest BCUT2D eigenvalue weighted by atomic mass is 10.0. The van der Waals surface area contributed by atoms with Gasteiger partial charge in [-0.05, 0) is 46.0 Å². The first kappa shape index (κ1) is 21.8. The lowest BCUT2D eigenvalue weighted by Gasteiger charge is -2.33. The Kier molecular flexibility index (Phi) is 6.17. The van der Waals surface area contributed by atoms with Gasteiger partial charge in [0.15, 0.2) is 5.82 Å². The van der Waals surface area contributed by atoms with Crippen LogP contribution in [-0.4, -0.2) is 58.7 Å². The summed E-state index contributed by atoms with van der Waals surface area (Å²) in [6.45, 7) is 8.94. The van der Waals surface area contributed by atoms with Crippen molar-refractivity contribution in [3.8, 4) is 0 Å². The van der Waals surface area contributed by atoms with E-state index < -0.39 is 5.54 Å². The zero-order valence-electron chi connectivity index (χ0n) is 18.5. The predicted octanol–water partition coefficient (Wildman–Crippen LogP) is 3.44. The van der Waals surface area contributed by atoms with Crippen molar-refractivity contribution in [1.82, 2.24) is 20.0 Å². The SMILES string of the molecule is CC(C)[C@@H](CN(C)C)OC(=O)N1Cc2c(NC(=O)c3ccccc3)n[nH]c2C1(C)C.